The number of carbonyl (C=O) groups excluding carboxylic acids is 2. The van der Waals surface area contributed by atoms with Crippen LogP contribution in [0.5, 0.6) is 0 Å². The number of unbranched alkanes of at least 4 members (excludes halogenated alkanes) is 4. The van der Waals surface area contributed by atoms with Crippen molar-refractivity contribution in [3.05, 3.63) is 0 Å². The van der Waals surface area contributed by atoms with Gasteiger partial charge in [0.1, 0.15) is 0 Å². The maximum absolute atomic E-state index is 11.4. The molecule has 0 saturated carbocycles. The Balaban J connectivity index is 0.000000340. The molecule has 0 aromatic rings. The highest BCUT2D eigenvalue weighted by Crippen LogP contribution is 2.30. The minimum atomic E-state index is -4.76. The third kappa shape index (κ3) is 9.11. The number of carbonyl (C=O) groups is 2. The van der Waals surface area contributed by atoms with E-state index in [1.54, 1.807) is 6.92 Å². The van der Waals surface area contributed by atoms with Crippen LogP contribution in [0.4, 0.5) is 0 Å². The van der Waals surface area contributed by atoms with Gasteiger partial charge in [-0.3, -0.25) is 9.59 Å². The number of quaternary nitrogens is 1. The molecule has 0 bridgehead atoms. The number of rotatable bonds is 15. The average Bonchev–Trinajstić information content (AvgIpc) is 3.21. The van der Waals surface area contributed by atoms with Gasteiger partial charge in [-0.25, -0.2) is 12.7 Å². The number of nitrogens with zero attached hydrogens (tertiary/aromatic N) is 3. The van der Waals surface area contributed by atoms with Crippen molar-refractivity contribution >= 4 is 22.1 Å². The summed E-state index contributed by atoms with van der Waals surface area (Å²) in [5.74, 6) is -1.26. The Morgan fingerprint density at radius 1 is 0.882 bits per heavy atom. The van der Waals surface area contributed by atoms with Crippen LogP contribution in [0.15, 0.2) is 0 Å². The van der Waals surface area contributed by atoms with E-state index in [4.69, 9.17) is 0 Å². The number of hydrogen-bond acceptors (Lipinski definition) is 5. The van der Waals surface area contributed by atoms with E-state index >= 15 is 0 Å². The molecule has 2 heterocycles. The van der Waals surface area contributed by atoms with Gasteiger partial charge in [0.15, 0.2) is 10.3 Å². The Labute approximate surface area is 208 Å². The lowest BCUT2D eigenvalue weighted by Gasteiger charge is -2.47. The van der Waals surface area contributed by atoms with E-state index in [-0.39, 0.29) is 12.5 Å². The quantitative estimate of drug-likeness (QED) is 0.192. The first-order valence-corrected chi connectivity index (χ1v) is 14.8. The summed E-state index contributed by atoms with van der Waals surface area (Å²) in [6.07, 6.45) is 12.2. The van der Waals surface area contributed by atoms with Gasteiger partial charge in [-0.1, -0.05) is 60.3 Å². The lowest BCUT2D eigenvalue weighted by Crippen LogP contribution is -2.65. The van der Waals surface area contributed by atoms with Crippen molar-refractivity contribution in [3.63, 3.8) is 0 Å². The molecular formula is C25H49N3O5S. The highest BCUT2D eigenvalue weighted by atomic mass is 32.2. The third-order valence-corrected chi connectivity index (χ3v) is 8.18. The summed E-state index contributed by atoms with van der Waals surface area (Å²) in [4.78, 5) is 24.2. The van der Waals surface area contributed by atoms with E-state index < -0.39 is 28.2 Å². The second-order valence-electron chi connectivity index (χ2n) is 10.0. The standard InChI is InChI=1S/C16H36N.C9H14N2O5S/c1-5-9-13-17(14-10-6-2,15-11-7-3)16-12-8-4;1-6-7(5-10-4-2-3-8(10)12)11(9(6)13)17(14,15)16/h5-16H2,1-4H3;6-7H,2-5H2,1H3,(H,14,15,16)/q+1;/p-1/t;6-,7+/m.0/s1. The Kier molecular flexibility index (Phi) is 13.6. The predicted octanol–water partition coefficient (Wildman–Crippen LogP) is 3.92. The van der Waals surface area contributed by atoms with E-state index in [9.17, 15) is 22.6 Å². The maximum atomic E-state index is 11.4. The van der Waals surface area contributed by atoms with Gasteiger partial charge in [0.25, 0.3) is 0 Å². The van der Waals surface area contributed by atoms with Gasteiger partial charge >= 0.3 is 0 Å². The molecular weight excluding hydrogens is 454 g/mol. The second-order valence-corrected chi connectivity index (χ2v) is 11.3. The smallest absolute Gasteiger partial charge is 0.240 e. The summed E-state index contributed by atoms with van der Waals surface area (Å²) in [5.41, 5.74) is 0. The molecule has 2 saturated heterocycles. The molecule has 2 fully saturated rings. The third-order valence-electron chi connectivity index (χ3n) is 7.25. The molecule has 0 aromatic carbocycles. The van der Waals surface area contributed by atoms with Crippen molar-refractivity contribution in [1.82, 2.24) is 9.21 Å². The first kappa shape index (κ1) is 30.8. The molecule has 2 aliphatic heterocycles. The van der Waals surface area contributed by atoms with E-state index in [1.807, 2.05) is 0 Å². The van der Waals surface area contributed by atoms with Crippen LogP contribution in [0.3, 0.4) is 0 Å². The van der Waals surface area contributed by atoms with Gasteiger partial charge in [0.2, 0.25) is 11.8 Å². The zero-order valence-electron chi connectivity index (χ0n) is 22.3. The molecule has 0 N–H and O–H groups in total. The number of hydrogen-bond donors (Lipinski definition) is 0. The van der Waals surface area contributed by atoms with Crippen molar-refractivity contribution in [2.45, 2.75) is 105 Å². The Bertz CT molecular complexity index is 691. The van der Waals surface area contributed by atoms with Crippen molar-refractivity contribution in [2.24, 2.45) is 5.92 Å². The number of likely N-dealkylation sites (tertiary alicyclic amines) is 1. The van der Waals surface area contributed by atoms with E-state index in [0.29, 0.717) is 17.3 Å². The molecule has 0 aromatic heterocycles. The summed E-state index contributed by atoms with van der Waals surface area (Å²) in [6.45, 7) is 17.3. The molecule has 0 unspecified atom stereocenters. The van der Waals surface area contributed by atoms with Crippen LogP contribution in [0.1, 0.15) is 98.8 Å². The summed E-state index contributed by atoms with van der Waals surface area (Å²) < 4.78 is 34.4. The van der Waals surface area contributed by atoms with Crippen LogP contribution in [-0.2, 0) is 19.9 Å². The summed E-state index contributed by atoms with van der Waals surface area (Å²) in [5, 5.41) is 0. The van der Waals surface area contributed by atoms with Gasteiger partial charge in [-0.2, -0.15) is 0 Å². The molecule has 0 radical (unpaired) electrons. The number of amides is 2. The largest absolute Gasteiger partial charge is 0.731 e. The first-order valence-electron chi connectivity index (χ1n) is 13.5. The van der Waals surface area contributed by atoms with E-state index in [1.165, 1.54) is 86.9 Å². The van der Waals surface area contributed by atoms with Crippen LogP contribution in [0, 0.1) is 5.92 Å². The van der Waals surface area contributed by atoms with Crippen LogP contribution in [0.2, 0.25) is 0 Å². The van der Waals surface area contributed by atoms with Crippen molar-refractivity contribution < 1.29 is 27.0 Å². The zero-order valence-corrected chi connectivity index (χ0v) is 23.1. The molecule has 2 rings (SSSR count). The molecule has 2 amide bonds. The van der Waals surface area contributed by atoms with Crippen LogP contribution in [0.25, 0.3) is 0 Å². The molecule has 9 heteroatoms. The minimum absolute atomic E-state index is 0.0557. The van der Waals surface area contributed by atoms with Gasteiger partial charge < -0.3 is 13.9 Å². The van der Waals surface area contributed by atoms with Gasteiger partial charge in [-0.05, 0) is 32.1 Å². The highest BCUT2D eigenvalue weighted by Gasteiger charge is 2.49. The van der Waals surface area contributed by atoms with Gasteiger partial charge in [0.05, 0.1) is 38.1 Å². The molecule has 8 nitrogen and oxygen atoms in total. The molecule has 2 atom stereocenters. The average molecular weight is 504 g/mol. The lowest BCUT2D eigenvalue weighted by molar-refractivity contribution is -0.929. The second kappa shape index (κ2) is 15.0. The Hall–Kier alpha value is -1.19. The molecule has 200 valence electrons. The Morgan fingerprint density at radius 2 is 1.32 bits per heavy atom. The molecule has 0 aliphatic carbocycles. The fraction of sp³-hybridized carbons (Fsp3) is 0.920. The summed E-state index contributed by atoms with van der Waals surface area (Å²) in [7, 11) is -4.76. The van der Waals surface area contributed by atoms with Gasteiger partial charge in [0, 0.05) is 19.5 Å². The topological polar surface area (TPSA) is 97.8 Å². The maximum Gasteiger partial charge on any atom is 0.240 e. The van der Waals surface area contributed by atoms with Crippen molar-refractivity contribution in [2.75, 3.05) is 39.3 Å². The molecule has 2 aliphatic rings. The van der Waals surface area contributed by atoms with Crippen LogP contribution in [-0.4, -0.2) is 83.8 Å². The highest BCUT2D eigenvalue weighted by molar-refractivity contribution is 7.84. The zero-order chi connectivity index (χ0) is 25.8. The van der Waals surface area contributed by atoms with Gasteiger partial charge in [-0.15, -0.1) is 0 Å². The normalized spacial score (nSPS) is 20.9. The lowest BCUT2D eigenvalue weighted by atomic mass is 9.92. The summed E-state index contributed by atoms with van der Waals surface area (Å²) >= 11 is 0. The van der Waals surface area contributed by atoms with Crippen LogP contribution >= 0.6 is 0 Å². The van der Waals surface area contributed by atoms with Crippen molar-refractivity contribution in [3.8, 4) is 0 Å². The van der Waals surface area contributed by atoms with E-state index in [2.05, 4.69) is 27.7 Å². The Morgan fingerprint density at radius 3 is 1.65 bits per heavy atom. The van der Waals surface area contributed by atoms with E-state index in [0.717, 1.165) is 6.42 Å². The monoisotopic (exact) mass is 503 g/mol. The molecule has 0 spiro atoms. The van der Waals surface area contributed by atoms with Crippen LogP contribution < -0.4 is 0 Å². The number of β-lactam (4-membered cyclic amide) rings is 1. The predicted molar refractivity (Wildman–Crippen MR) is 135 cm³/mol. The minimum Gasteiger partial charge on any atom is -0.731 e. The fourth-order valence-electron chi connectivity index (χ4n) is 4.93. The van der Waals surface area contributed by atoms with Crippen molar-refractivity contribution in [1.29, 1.82) is 0 Å². The molecule has 34 heavy (non-hydrogen) atoms. The summed E-state index contributed by atoms with van der Waals surface area (Å²) in [6, 6.07) is -0.702. The fourth-order valence-corrected chi connectivity index (χ4v) is 5.89. The SMILES string of the molecule is CCCC[N+](CCCC)(CCCC)CCCC.C[C@@H]1C(=O)N(S(=O)(=O)[O-])[C@@H]1CN1CCCC1=O. The first-order chi connectivity index (χ1) is 16.1.